The van der Waals surface area contributed by atoms with Crippen molar-refractivity contribution in [2.75, 3.05) is 28.4 Å². The van der Waals surface area contributed by atoms with E-state index in [1.165, 1.54) is 40.6 Å². The van der Waals surface area contributed by atoms with Gasteiger partial charge in [0, 0.05) is 40.1 Å². The largest absolute Gasteiger partial charge is 0.504 e. The fraction of sp³-hybridized carbons (Fsp3) is 0.207. The van der Waals surface area contributed by atoms with Crippen LogP contribution in [-0.2, 0) is 23.4 Å². The topological polar surface area (TPSA) is 176 Å². The van der Waals surface area contributed by atoms with Crippen molar-refractivity contribution in [3.05, 3.63) is 52.4 Å². The molecule has 0 unspecified atom stereocenters. The highest BCUT2D eigenvalue weighted by Gasteiger charge is 2.33. The molecule has 0 fully saturated rings. The zero-order chi connectivity index (χ0) is 30.8. The minimum absolute atomic E-state index is 0.0535. The van der Waals surface area contributed by atoms with Gasteiger partial charge in [-0.1, -0.05) is 6.07 Å². The summed E-state index contributed by atoms with van der Waals surface area (Å²) in [7, 11) is 0.611. The first-order chi connectivity index (χ1) is 20.5. The van der Waals surface area contributed by atoms with E-state index < -0.39 is 21.8 Å². The lowest BCUT2D eigenvalue weighted by Gasteiger charge is -2.24. The lowest BCUT2D eigenvalue weighted by atomic mass is 9.91. The second kappa shape index (κ2) is 10.0. The molecule has 2 aromatic heterocycles. The van der Waals surface area contributed by atoms with Gasteiger partial charge in [0.1, 0.15) is 11.1 Å². The van der Waals surface area contributed by atoms with E-state index in [-0.39, 0.29) is 52.1 Å². The van der Waals surface area contributed by atoms with E-state index in [9.17, 15) is 28.0 Å². The summed E-state index contributed by atoms with van der Waals surface area (Å²) in [6.07, 6.45) is 0.332. The average molecular weight is 612 g/mol. The first-order valence-electron chi connectivity index (χ1n) is 12.7. The Hall–Kier alpha value is -5.08. The Balaban J connectivity index is 1.82. The minimum atomic E-state index is -4.93. The second-order valence-corrected chi connectivity index (χ2v) is 10.6. The summed E-state index contributed by atoms with van der Waals surface area (Å²) in [4.78, 5) is 13.7. The number of benzene rings is 3. The van der Waals surface area contributed by atoms with Crippen LogP contribution in [0.4, 0.5) is 0 Å². The van der Waals surface area contributed by atoms with Gasteiger partial charge in [0.25, 0.3) is 0 Å². The fourth-order valence-electron chi connectivity index (χ4n) is 5.72. The van der Waals surface area contributed by atoms with Crippen LogP contribution in [0, 0.1) is 0 Å². The molecule has 14 heteroatoms. The molecule has 6 rings (SSSR count). The van der Waals surface area contributed by atoms with Crippen LogP contribution in [-0.4, -0.2) is 56.2 Å². The van der Waals surface area contributed by atoms with E-state index in [4.69, 9.17) is 23.4 Å². The van der Waals surface area contributed by atoms with Crippen molar-refractivity contribution in [1.82, 2.24) is 4.57 Å². The van der Waals surface area contributed by atoms with Crippen molar-refractivity contribution in [3.8, 4) is 62.6 Å². The summed E-state index contributed by atoms with van der Waals surface area (Å²) < 4.78 is 66.0. The quantitative estimate of drug-likeness (QED) is 0.176. The number of rotatable bonds is 7. The van der Waals surface area contributed by atoms with Crippen molar-refractivity contribution in [2.45, 2.75) is 13.0 Å². The second-order valence-electron chi connectivity index (χ2n) is 9.62. The zero-order valence-electron chi connectivity index (χ0n) is 23.2. The third-order valence-electron chi connectivity index (χ3n) is 7.45. The van der Waals surface area contributed by atoms with Gasteiger partial charge in [-0.2, -0.15) is 8.42 Å². The molecule has 3 N–H and O–H groups in total. The van der Waals surface area contributed by atoms with Crippen LogP contribution in [0.2, 0.25) is 0 Å². The number of aromatic nitrogens is 1. The van der Waals surface area contributed by atoms with Crippen molar-refractivity contribution in [3.63, 3.8) is 0 Å². The molecule has 224 valence electrons. The van der Waals surface area contributed by atoms with Crippen LogP contribution in [0.3, 0.4) is 0 Å². The standard InChI is InChI=1S/C29H25NO12S/c1-37-19-9-13(5-6-17(19)31)23-24-16-11-20(38-2)21(42-43(34,35)36)12-18(16)41-29(33)26(24)30-8-7-14-15(25(23)30)10-22(39-3)28(40-4)27(14)32/h5-6,9-12,31-32H,7-8H2,1-4H3,(H,34,35,36). The van der Waals surface area contributed by atoms with Crippen LogP contribution in [0.1, 0.15) is 5.56 Å². The first-order valence-corrected chi connectivity index (χ1v) is 14.1. The molecule has 0 amide bonds. The summed E-state index contributed by atoms with van der Waals surface area (Å²) in [5.41, 5.74) is 2.12. The third-order valence-corrected chi connectivity index (χ3v) is 7.84. The number of methoxy groups -OCH3 is 4. The van der Waals surface area contributed by atoms with Crippen LogP contribution in [0.25, 0.3) is 44.3 Å². The maximum atomic E-state index is 13.7. The Bertz CT molecular complexity index is 2130. The van der Waals surface area contributed by atoms with Gasteiger partial charge in [-0.15, -0.1) is 0 Å². The number of fused-ring (bicyclic) bond motifs is 7. The molecular weight excluding hydrogens is 586 g/mol. The van der Waals surface area contributed by atoms with Crippen LogP contribution in [0.5, 0.6) is 40.2 Å². The Labute approximate surface area is 243 Å². The number of nitrogens with zero attached hydrogens (tertiary/aromatic N) is 1. The van der Waals surface area contributed by atoms with Gasteiger partial charge in [0.2, 0.25) is 5.75 Å². The molecule has 0 saturated carbocycles. The molecule has 13 nitrogen and oxygen atoms in total. The maximum Gasteiger partial charge on any atom is 0.446 e. The van der Waals surface area contributed by atoms with Gasteiger partial charge in [-0.25, -0.2) is 4.79 Å². The molecule has 1 aliphatic rings. The average Bonchev–Trinajstić information content (AvgIpc) is 3.32. The molecule has 43 heavy (non-hydrogen) atoms. The van der Waals surface area contributed by atoms with Gasteiger partial charge < -0.3 is 42.3 Å². The summed E-state index contributed by atoms with van der Waals surface area (Å²) >= 11 is 0. The molecule has 0 radical (unpaired) electrons. The third kappa shape index (κ3) is 4.33. The Kier molecular flexibility index (Phi) is 6.54. The molecule has 0 saturated heterocycles. The highest BCUT2D eigenvalue weighted by molar-refractivity contribution is 7.81. The molecule has 0 aliphatic carbocycles. The minimum Gasteiger partial charge on any atom is -0.504 e. The van der Waals surface area contributed by atoms with Crippen molar-refractivity contribution >= 4 is 32.3 Å². The van der Waals surface area contributed by atoms with Gasteiger partial charge in [-0.3, -0.25) is 4.55 Å². The summed E-state index contributed by atoms with van der Waals surface area (Å²) in [6, 6.07) is 8.98. The molecule has 3 aromatic carbocycles. The predicted octanol–water partition coefficient (Wildman–Crippen LogP) is 4.27. The Morgan fingerprint density at radius 3 is 2.26 bits per heavy atom. The van der Waals surface area contributed by atoms with E-state index in [0.29, 0.717) is 45.1 Å². The van der Waals surface area contributed by atoms with Crippen LogP contribution < -0.4 is 28.8 Å². The Morgan fingerprint density at radius 1 is 0.884 bits per heavy atom. The first kappa shape index (κ1) is 28.1. The summed E-state index contributed by atoms with van der Waals surface area (Å²) in [6.45, 7) is 0.272. The highest BCUT2D eigenvalue weighted by Crippen LogP contribution is 2.52. The summed E-state index contributed by atoms with van der Waals surface area (Å²) in [5, 5.41) is 22.3. The Morgan fingerprint density at radius 2 is 1.60 bits per heavy atom. The number of ether oxygens (including phenoxy) is 4. The van der Waals surface area contributed by atoms with E-state index in [1.807, 2.05) is 0 Å². The SMILES string of the molecule is COc1cc(-c2c3n(c4c(=O)oc5cc(OS(=O)(=O)O)c(OC)cc5c24)CCc2c-3cc(OC)c(OC)c2O)ccc1O. The zero-order valence-corrected chi connectivity index (χ0v) is 24.1. The van der Waals surface area contributed by atoms with Gasteiger partial charge in [0.15, 0.2) is 34.5 Å². The fourth-order valence-corrected chi connectivity index (χ4v) is 6.08. The van der Waals surface area contributed by atoms with E-state index in [0.717, 1.165) is 6.07 Å². The van der Waals surface area contributed by atoms with Crippen molar-refractivity contribution < 1.29 is 50.7 Å². The lowest BCUT2D eigenvalue weighted by Crippen LogP contribution is -2.15. The van der Waals surface area contributed by atoms with Gasteiger partial charge in [0.05, 0.1) is 34.1 Å². The number of aryl methyl sites for hydroxylation is 1. The smallest absolute Gasteiger partial charge is 0.446 e. The van der Waals surface area contributed by atoms with Crippen molar-refractivity contribution in [1.29, 1.82) is 0 Å². The number of aromatic hydroxyl groups is 2. The molecule has 1 aliphatic heterocycles. The highest BCUT2D eigenvalue weighted by atomic mass is 32.3. The molecular formula is C29H25NO12S. The number of phenols is 2. The van der Waals surface area contributed by atoms with E-state index in [1.54, 1.807) is 22.8 Å². The number of hydrogen-bond acceptors (Lipinski definition) is 11. The van der Waals surface area contributed by atoms with Crippen LogP contribution >= 0.6 is 0 Å². The molecule has 0 atom stereocenters. The van der Waals surface area contributed by atoms with Gasteiger partial charge >= 0.3 is 16.0 Å². The molecule has 0 spiro atoms. The van der Waals surface area contributed by atoms with Crippen molar-refractivity contribution in [2.24, 2.45) is 0 Å². The van der Waals surface area contributed by atoms with Crippen LogP contribution in [0.15, 0.2) is 45.6 Å². The van der Waals surface area contributed by atoms with E-state index in [2.05, 4.69) is 4.18 Å². The molecule has 0 bridgehead atoms. The van der Waals surface area contributed by atoms with E-state index >= 15 is 0 Å². The monoisotopic (exact) mass is 611 g/mol. The summed E-state index contributed by atoms with van der Waals surface area (Å²) in [5.74, 6) is -0.0752. The van der Waals surface area contributed by atoms with Gasteiger partial charge in [-0.05, 0) is 36.2 Å². The maximum absolute atomic E-state index is 13.7. The molecule has 5 aromatic rings. The molecule has 3 heterocycles. The number of hydrogen-bond donors (Lipinski definition) is 3. The normalized spacial score (nSPS) is 12.6. The lowest BCUT2D eigenvalue weighted by molar-refractivity contribution is 0.331. The number of phenolic OH excluding ortho intramolecular Hbond substituents is 2. The predicted molar refractivity (Wildman–Crippen MR) is 154 cm³/mol.